The van der Waals surface area contributed by atoms with Crippen LogP contribution in [-0.2, 0) is 0 Å². The van der Waals surface area contributed by atoms with Crippen LogP contribution in [0, 0.1) is 5.92 Å². The van der Waals surface area contributed by atoms with E-state index in [1.165, 1.54) is 44.9 Å². The van der Waals surface area contributed by atoms with Gasteiger partial charge in [-0.15, -0.1) is 0 Å². The summed E-state index contributed by atoms with van der Waals surface area (Å²) >= 11 is 0. The first-order chi connectivity index (χ1) is 6.24. The molecule has 1 unspecified atom stereocenters. The van der Waals surface area contributed by atoms with Gasteiger partial charge in [-0.2, -0.15) is 0 Å². The molecule has 2 N–H and O–H groups in total. The number of nitrogens with two attached hydrogens (primary N) is 1. The second-order valence-corrected chi connectivity index (χ2v) is 4.17. The van der Waals surface area contributed by atoms with Crippen LogP contribution in [0.5, 0.6) is 0 Å². The average Bonchev–Trinajstić information content (AvgIpc) is 2.14. The molecule has 0 saturated heterocycles. The Morgan fingerprint density at radius 2 is 1.62 bits per heavy atom. The minimum atomic E-state index is 0.455. The van der Waals surface area contributed by atoms with Crippen LogP contribution in [0.3, 0.4) is 0 Å². The van der Waals surface area contributed by atoms with Gasteiger partial charge < -0.3 is 5.73 Å². The molecule has 0 aromatic carbocycles. The van der Waals surface area contributed by atoms with Crippen molar-refractivity contribution in [2.24, 2.45) is 11.7 Å². The highest BCUT2D eigenvalue weighted by molar-refractivity contribution is 4.66. The third kappa shape index (κ3) is 7.06. The summed E-state index contributed by atoms with van der Waals surface area (Å²) in [6.07, 6.45) is 9.00. The van der Waals surface area contributed by atoms with Crippen LogP contribution in [0.25, 0.3) is 0 Å². The van der Waals surface area contributed by atoms with Crippen molar-refractivity contribution in [3.05, 3.63) is 0 Å². The van der Waals surface area contributed by atoms with Gasteiger partial charge in [0.05, 0.1) is 0 Å². The van der Waals surface area contributed by atoms with Crippen molar-refractivity contribution in [3.8, 4) is 0 Å². The first kappa shape index (κ1) is 13.0. The van der Waals surface area contributed by atoms with E-state index in [0.717, 1.165) is 5.92 Å². The zero-order valence-corrected chi connectivity index (χ0v) is 9.68. The summed E-state index contributed by atoms with van der Waals surface area (Å²) in [5.74, 6) is 0.858. The first-order valence-corrected chi connectivity index (χ1v) is 6.00. The van der Waals surface area contributed by atoms with E-state index < -0.39 is 0 Å². The zero-order valence-electron chi connectivity index (χ0n) is 9.68. The second-order valence-electron chi connectivity index (χ2n) is 4.17. The molecule has 0 aliphatic carbocycles. The van der Waals surface area contributed by atoms with Crippen LogP contribution in [0.4, 0.5) is 0 Å². The number of rotatable bonds is 8. The molecular weight excluding hydrogens is 158 g/mol. The second kappa shape index (κ2) is 8.55. The Morgan fingerprint density at radius 3 is 2.08 bits per heavy atom. The number of hydrogen-bond acceptors (Lipinski definition) is 1. The molecule has 0 rings (SSSR count). The first-order valence-electron chi connectivity index (χ1n) is 6.00. The van der Waals surface area contributed by atoms with Crippen molar-refractivity contribution in [2.75, 3.05) is 0 Å². The molecule has 1 heteroatoms. The standard InChI is InChI=1S/C12H27N/c1-4-7-8-9-12(13)10-11(5-2)6-3/h11-12H,4-10,13H2,1-3H3. The quantitative estimate of drug-likeness (QED) is 0.573. The topological polar surface area (TPSA) is 26.0 Å². The molecule has 0 fully saturated rings. The van der Waals surface area contributed by atoms with Gasteiger partial charge in [0, 0.05) is 6.04 Å². The van der Waals surface area contributed by atoms with Crippen LogP contribution >= 0.6 is 0 Å². The molecule has 1 atom stereocenters. The van der Waals surface area contributed by atoms with Crippen LogP contribution in [-0.4, -0.2) is 6.04 Å². The predicted octanol–water partition coefficient (Wildman–Crippen LogP) is 3.72. The van der Waals surface area contributed by atoms with Crippen LogP contribution < -0.4 is 5.73 Å². The monoisotopic (exact) mass is 185 g/mol. The van der Waals surface area contributed by atoms with Crippen molar-refractivity contribution in [2.45, 2.75) is 71.8 Å². The van der Waals surface area contributed by atoms with E-state index in [-0.39, 0.29) is 0 Å². The lowest BCUT2D eigenvalue weighted by Crippen LogP contribution is -2.23. The van der Waals surface area contributed by atoms with Crippen LogP contribution in [0.2, 0.25) is 0 Å². The molecule has 0 bridgehead atoms. The highest BCUT2D eigenvalue weighted by atomic mass is 14.6. The summed E-state index contributed by atoms with van der Waals surface area (Å²) in [5.41, 5.74) is 6.07. The number of unbranched alkanes of at least 4 members (excludes halogenated alkanes) is 2. The van der Waals surface area contributed by atoms with Gasteiger partial charge >= 0.3 is 0 Å². The summed E-state index contributed by atoms with van der Waals surface area (Å²) in [4.78, 5) is 0. The van der Waals surface area contributed by atoms with Crippen LogP contribution in [0.15, 0.2) is 0 Å². The molecule has 0 aliphatic rings. The third-order valence-electron chi connectivity index (χ3n) is 2.97. The molecule has 0 aromatic heterocycles. The van der Waals surface area contributed by atoms with E-state index >= 15 is 0 Å². The van der Waals surface area contributed by atoms with E-state index in [0.29, 0.717) is 6.04 Å². The summed E-state index contributed by atoms with van der Waals surface area (Å²) in [6, 6.07) is 0.455. The maximum atomic E-state index is 6.07. The van der Waals surface area contributed by atoms with Crippen molar-refractivity contribution >= 4 is 0 Å². The minimum Gasteiger partial charge on any atom is -0.328 e. The summed E-state index contributed by atoms with van der Waals surface area (Å²) in [5, 5.41) is 0. The van der Waals surface area contributed by atoms with Gasteiger partial charge in [0.2, 0.25) is 0 Å². The molecule has 0 radical (unpaired) electrons. The lowest BCUT2D eigenvalue weighted by molar-refractivity contribution is 0.390. The van der Waals surface area contributed by atoms with Crippen molar-refractivity contribution in [1.29, 1.82) is 0 Å². The Hall–Kier alpha value is -0.0400. The molecule has 0 saturated carbocycles. The molecule has 1 nitrogen and oxygen atoms in total. The Labute approximate surface area is 84.1 Å². The fourth-order valence-corrected chi connectivity index (χ4v) is 1.82. The molecule has 0 aliphatic heterocycles. The fourth-order valence-electron chi connectivity index (χ4n) is 1.82. The molecular formula is C12H27N. The molecule has 13 heavy (non-hydrogen) atoms. The summed E-state index contributed by atoms with van der Waals surface area (Å²) in [6.45, 7) is 6.78. The molecule has 0 heterocycles. The summed E-state index contributed by atoms with van der Waals surface area (Å²) in [7, 11) is 0. The van der Waals surface area contributed by atoms with Crippen molar-refractivity contribution in [3.63, 3.8) is 0 Å². The van der Waals surface area contributed by atoms with E-state index in [9.17, 15) is 0 Å². The largest absolute Gasteiger partial charge is 0.328 e. The van der Waals surface area contributed by atoms with Gasteiger partial charge in [-0.25, -0.2) is 0 Å². The van der Waals surface area contributed by atoms with Gasteiger partial charge in [-0.3, -0.25) is 0 Å². The van der Waals surface area contributed by atoms with E-state index in [2.05, 4.69) is 20.8 Å². The van der Waals surface area contributed by atoms with Gasteiger partial charge in [-0.05, 0) is 18.8 Å². The SMILES string of the molecule is CCCCCC(N)CC(CC)CC. The Balaban J connectivity index is 3.42. The molecule has 80 valence electrons. The van der Waals surface area contributed by atoms with E-state index in [4.69, 9.17) is 5.73 Å². The zero-order chi connectivity index (χ0) is 10.1. The third-order valence-corrected chi connectivity index (χ3v) is 2.97. The highest BCUT2D eigenvalue weighted by Gasteiger charge is 2.09. The van der Waals surface area contributed by atoms with E-state index in [1.807, 2.05) is 0 Å². The van der Waals surface area contributed by atoms with Gasteiger partial charge in [0.1, 0.15) is 0 Å². The lowest BCUT2D eigenvalue weighted by Gasteiger charge is -2.17. The Kier molecular flexibility index (Phi) is 8.53. The smallest absolute Gasteiger partial charge is 0.00414 e. The normalized spacial score (nSPS) is 13.6. The minimum absolute atomic E-state index is 0.455. The van der Waals surface area contributed by atoms with Crippen molar-refractivity contribution in [1.82, 2.24) is 0 Å². The molecule has 0 amide bonds. The molecule has 0 spiro atoms. The average molecular weight is 185 g/mol. The van der Waals surface area contributed by atoms with Crippen molar-refractivity contribution < 1.29 is 0 Å². The Bertz CT molecular complexity index is 97.3. The number of hydrogen-bond donors (Lipinski definition) is 1. The fraction of sp³-hybridized carbons (Fsp3) is 1.00. The summed E-state index contributed by atoms with van der Waals surface area (Å²) < 4.78 is 0. The maximum Gasteiger partial charge on any atom is 0.00414 e. The van der Waals surface area contributed by atoms with Crippen LogP contribution in [0.1, 0.15) is 65.7 Å². The lowest BCUT2D eigenvalue weighted by atomic mass is 9.93. The Morgan fingerprint density at radius 1 is 1.00 bits per heavy atom. The van der Waals surface area contributed by atoms with Gasteiger partial charge in [0.25, 0.3) is 0 Å². The predicted molar refractivity (Wildman–Crippen MR) is 60.8 cm³/mol. The maximum absolute atomic E-state index is 6.07. The van der Waals surface area contributed by atoms with Gasteiger partial charge in [0.15, 0.2) is 0 Å². The van der Waals surface area contributed by atoms with Gasteiger partial charge in [-0.1, -0.05) is 52.9 Å². The van der Waals surface area contributed by atoms with E-state index in [1.54, 1.807) is 0 Å². The highest BCUT2D eigenvalue weighted by Crippen LogP contribution is 2.16. The molecule has 0 aromatic rings.